The molecule has 0 spiro atoms. The van der Waals surface area contributed by atoms with Crippen molar-refractivity contribution in [2.75, 3.05) is 0 Å². The number of carbonyl (C=O) groups excluding carboxylic acids is 1. The first-order chi connectivity index (χ1) is 7.58. The van der Waals surface area contributed by atoms with Crippen LogP contribution in [-0.4, -0.2) is 31.3 Å². The lowest BCUT2D eigenvalue weighted by Gasteiger charge is -1.99. The van der Waals surface area contributed by atoms with E-state index in [1.165, 1.54) is 12.1 Å². The van der Waals surface area contributed by atoms with Gasteiger partial charge in [0.1, 0.15) is 11.5 Å². The fraction of sp³-hybridized carbons (Fsp3) is 0. The molecule has 0 aliphatic heterocycles. The number of phenolic OH excluding ortho intramolecular Hbond substituents is 2. The van der Waals surface area contributed by atoms with E-state index >= 15 is 0 Å². The predicted molar refractivity (Wildman–Crippen MR) is 53.7 cm³/mol. The van der Waals surface area contributed by atoms with E-state index < -0.39 is 5.91 Å². The Morgan fingerprint density at radius 1 is 1.38 bits per heavy atom. The van der Waals surface area contributed by atoms with Gasteiger partial charge >= 0.3 is 0 Å². The van der Waals surface area contributed by atoms with Gasteiger partial charge in [-0.3, -0.25) is 9.89 Å². The first-order valence-electron chi connectivity index (χ1n) is 4.32. The van der Waals surface area contributed by atoms with Gasteiger partial charge in [0.2, 0.25) is 5.82 Å². The average Bonchev–Trinajstić information content (AvgIpc) is 2.66. The Balaban J connectivity index is 2.46. The van der Waals surface area contributed by atoms with Crippen LogP contribution < -0.4 is 5.73 Å². The van der Waals surface area contributed by atoms with Gasteiger partial charge in [0.15, 0.2) is 5.82 Å². The molecule has 1 aromatic carbocycles. The molecule has 0 atom stereocenters. The standard InChI is InChI=1S/C9H8N4O3/c10-7(16)9-11-8(12-13-9)5-2-1-4(14)3-6(5)15/h1-3,14-15H,(H2,10,16)(H,11,12,13). The molecule has 82 valence electrons. The van der Waals surface area contributed by atoms with Crippen molar-refractivity contribution in [2.24, 2.45) is 5.73 Å². The van der Waals surface area contributed by atoms with Crippen molar-refractivity contribution in [2.45, 2.75) is 0 Å². The summed E-state index contributed by atoms with van der Waals surface area (Å²) in [7, 11) is 0. The molecule has 2 rings (SSSR count). The number of nitrogens with one attached hydrogen (secondary N) is 1. The fourth-order valence-corrected chi connectivity index (χ4v) is 1.20. The maximum Gasteiger partial charge on any atom is 0.286 e. The van der Waals surface area contributed by atoms with Crippen LogP contribution in [0.1, 0.15) is 10.6 Å². The van der Waals surface area contributed by atoms with Crippen molar-refractivity contribution < 1.29 is 15.0 Å². The predicted octanol–water partition coefficient (Wildman–Crippen LogP) is -0.0182. The van der Waals surface area contributed by atoms with Gasteiger partial charge in [-0.15, -0.1) is 0 Å². The van der Waals surface area contributed by atoms with E-state index in [1.807, 2.05) is 0 Å². The molecule has 0 saturated carbocycles. The molecule has 1 heterocycles. The molecule has 2 aromatic rings. The maximum atomic E-state index is 10.8. The summed E-state index contributed by atoms with van der Waals surface area (Å²) in [6, 6.07) is 3.95. The normalized spacial score (nSPS) is 10.2. The van der Waals surface area contributed by atoms with Crippen LogP contribution in [0.15, 0.2) is 18.2 Å². The van der Waals surface area contributed by atoms with Crippen LogP contribution in [0, 0.1) is 0 Å². The average molecular weight is 220 g/mol. The van der Waals surface area contributed by atoms with E-state index in [0.717, 1.165) is 6.07 Å². The Morgan fingerprint density at radius 3 is 2.69 bits per heavy atom. The minimum Gasteiger partial charge on any atom is -0.508 e. The summed E-state index contributed by atoms with van der Waals surface area (Å²) in [5, 5.41) is 24.7. The molecule has 0 aliphatic rings. The van der Waals surface area contributed by atoms with E-state index in [2.05, 4.69) is 15.2 Å². The van der Waals surface area contributed by atoms with E-state index in [1.54, 1.807) is 0 Å². The van der Waals surface area contributed by atoms with E-state index in [9.17, 15) is 9.90 Å². The first kappa shape index (κ1) is 9.97. The summed E-state index contributed by atoms with van der Waals surface area (Å²) in [5.41, 5.74) is 5.29. The van der Waals surface area contributed by atoms with E-state index in [-0.39, 0.29) is 23.1 Å². The summed E-state index contributed by atoms with van der Waals surface area (Å²) in [6.07, 6.45) is 0. The Kier molecular flexibility index (Phi) is 2.20. The second-order valence-electron chi connectivity index (χ2n) is 3.07. The molecule has 5 N–H and O–H groups in total. The van der Waals surface area contributed by atoms with E-state index in [0.29, 0.717) is 5.56 Å². The SMILES string of the molecule is NC(=O)c1nc(-c2ccc(O)cc2O)n[nH]1. The minimum absolute atomic E-state index is 0.0769. The Labute approximate surface area is 89.6 Å². The van der Waals surface area contributed by atoms with Crippen LogP contribution in [0.5, 0.6) is 11.5 Å². The monoisotopic (exact) mass is 220 g/mol. The quantitative estimate of drug-likeness (QED) is 0.566. The summed E-state index contributed by atoms with van der Waals surface area (Å²) >= 11 is 0. The number of aromatic nitrogens is 3. The lowest BCUT2D eigenvalue weighted by molar-refractivity contribution is 0.0991. The van der Waals surface area contributed by atoms with Gasteiger partial charge in [0, 0.05) is 6.07 Å². The van der Waals surface area contributed by atoms with Crippen molar-refractivity contribution in [1.82, 2.24) is 15.2 Å². The zero-order chi connectivity index (χ0) is 11.7. The molecule has 0 radical (unpaired) electrons. The number of nitrogens with zero attached hydrogens (tertiary/aromatic N) is 2. The lowest BCUT2D eigenvalue weighted by Crippen LogP contribution is -2.12. The van der Waals surface area contributed by atoms with Gasteiger partial charge in [-0.2, -0.15) is 5.10 Å². The topological polar surface area (TPSA) is 125 Å². The lowest BCUT2D eigenvalue weighted by atomic mass is 10.2. The number of rotatable bonds is 2. The van der Waals surface area contributed by atoms with Crippen LogP contribution in [0.3, 0.4) is 0 Å². The molecular formula is C9H8N4O3. The molecule has 7 heteroatoms. The van der Waals surface area contributed by atoms with Crippen molar-refractivity contribution in [3.63, 3.8) is 0 Å². The largest absolute Gasteiger partial charge is 0.508 e. The highest BCUT2D eigenvalue weighted by atomic mass is 16.3. The molecular weight excluding hydrogens is 212 g/mol. The number of nitrogens with two attached hydrogens (primary N) is 1. The first-order valence-corrected chi connectivity index (χ1v) is 4.32. The molecule has 1 amide bonds. The molecule has 1 aromatic heterocycles. The van der Waals surface area contributed by atoms with Crippen LogP contribution in [0.4, 0.5) is 0 Å². The van der Waals surface area contributed by atoms with Crippen LogP contribution in [-0.2, 0) is 0 Å². The van der Waals surface area contributed by atoms with Gasteiger partial charge in [0.25, 0.3) is 5.91 Å². The van der Waals surface area contributed by atoms with Crippen molar-refractivity contribution >= 4 is 5.91 Å². The van der Waals surface area contributed by atoms with Crippen LogP contribution in [0.25, 0.3) is 11.4 Å². The Bertz CT molecular complexity index is 549. The number of carbonyl (C=O) groups is 1. The summed E-state index contributed by atoms with van der Waals surface area (Å²) in [4.78, 5) is 14.6. The van der Waals surface area contributed by atoms with Gasteiger partial charge < -0.3 is 15.9 Å². The summed E-state index contributed by atoms with van der Waals surface area (Å²) in [6.45, 7) is 0. The molecule has 0 bridgehead atoms. The highest BCUT2D eigenvalue weighted by Gasteiger charge is 2.13. The molecule has 7 nitrogen and oxygen atoms in total. The third-order valence-electron chi connectivity index (χ3n) is 1.94. The Morgan fingerprint density at radius 2 is 2.12 bits per heavy atom. The summed E-state index contributed by atoms with van der Waals surface area (Å²) in [5.74, 6) is -0.965. The number of primary amides is 1. The fourth-order valence-electron chi connectivity index (χ4n) is 1.20. The molecule has 0 unspecified atom stereocenters. The van der Waals surface area contributed by atoms with Gasteiger partial charge in [0.05, 0.1) is 5.56 Å². The molecule has 0 aliphatic carbocycles. The number of aromatic amines is 1. The number of hydrogen-bond donors (Lipinski definition) is 4. The third kappa shape index (κ3) is 1.65. The van der Waals surface area contributed by atoms with Crippen molar-refractivity contribution in [3.8, 4) is 22.9 Å². The molecule has 0 saturated heterocycles. The number of aromatic hydroxyl groups is 2. The number of phenols is 2. The van der Waals surface area contributed by atoms with Crippen molar-refractivity contribution in [3.05, 3.63) is 24.0 Å². The summed E-state index contributed by atoms with van der Waals surface area (Å²) < 4.78 is 0. The molecule has 16 heavy (non-hydrogen) atoms. The van der Waals surface area contributed by atoms with Gasteiger partial charge in [-0.1, -0.05) is 0 Å². The van der Waals surface area contributed by atoms with E-state index in [4.69, 9.17) is 10.8 Å². The van der Waals surface area contributed by atoms with Crippen LogP contribution >= 0.6 is 0 Å². The third-order valence-corrected chi connectivity index (χ3v) is 1.94. The molecule has 0 fully saturated rings. The highest BCUT2D eigenvalue weighted by molar-refractivity contribution is 5.89. The van der Waals surface area contributed by atoms with Gasteiger partial charge in [-0.25, -0.2) is 4.98 Å². The van der Waals surface area contributed by atoms with Gasteiger partial charge in [-0.05, 0) is 12.1 Å². The van der Waals surface area contributed by atoms with Crippen LogP contribution in [0.2, 0.25) is 0 Å². The number of hydrogen-bond acceptors (Lipinski definition) is 5. The number of amides is 1. The maximum absolute atomic E-state index is 10.8. The highest BCUT2D eigenvalue weighted by Crippen LogP contribution is 2.29. The zero-order valence-electron chi connectivity index (χ0n) is 8.01. The second kappa shape index (κ2) is 3.54. The Hall–Kier alpha value is -2.57. The smallest absolute Gasteiger partial charge is 0.286 e. The zero-order valence-corrected chi connectivity index (χ0v) is 8.01. The number of H-pyrrole nitrogens is 1. The van der Waals surface area contributed by atoms with Crippen molar-refractivity contribution in [1.29, 1.82) is 0 Å². The second-order valence-corrected chi connectivity index (χ2v) is 3.07. The number of benzene rings is 1. The minimum atomic E-state index is -0.739.